The zero-order chi connectivity index (χ0) is 29.5. The van der Waals surface area contributed by atoms with Gasteiger partial charge >= 0.3 is 18.1 Å². The fourth-order valence-electron chi connectivity index (χ4n) is 3.84. The number of hydrogen-bond donors (Lipinski definition) is 3. The van der Waals surface area contributed by atoms with E-state index in [-0.39, 0.29) is 5.91 Å². The number of anilines is 1. The van der Waals surface area contributed by atoms with Crippen LogP contribution in [0.4, 0.5) is 18.2 Å². The highest BCUT2D eigenvalue weighted by Crippen LogP contribution is 2.29. The van der Waals surface area contributed by atoms with Gasteiger partial charge in [0.2, 0.25) is 5.91 Å². The number of thiophene rings is 1. The lowest BCUT2D eigenvalue weighted by Crippen LogP contribution is -2.21. The van der Waals surface area contributed by atoms with Gasteiger partial charge in [-0.25, -0.2) is 9.59 Å². The third-order valence-corrected chi connectivity index (χ3v) is 7.06. The maximum Gasteiger partial charge on any atom is 0.490 e. The van der Waals surface area contributed by atoms with Gasteiger partial charge in [-0.05, 0) is 19.4 Å². The lowest BCUT2D eigenvalue weighted by molar-refractivity contribution is -0.192. The van der Waals surface area contributed by atoms with E-state index in [0.29, 0.717) is 30.1 Å². The van der Waals surface area contributed by atoms with Crippen LogP contribution in [0.15, 0.2) is 6.07 Å². The van der Waals surface area contributed by atoms with Gasteiger partial charge in [0, 0.05) is 17.8 Å². The molecule has 1 rings (SSSR count). The van der Waals surface area contributed by atoms with Gasteiger partial charge in [-0.2, -0.15) is 13.2 Å². The number of esters is 1. The van der Waals surface area contributed by atoms with E-state index in [1.54, 1.807) is 13.0 Å². The molecule has 1 aromatic heterocycles. The molecule has 39 heavy (non-hydrogen) atoms. The van der Waals surface area contributed by atoms with Gasteiger partial charge in [0.05, 0.1) is 12.2 Å². The molecule has 0 spiro atoms. The van der Waals surface area contributed by atoms with E-state index in [9.17, 15) is 22.8 Å². The predicted octanol–water partition coefficient (Wildman–Crippen LogP) is 8.22. The van der Waals surface area contributed by atoms with Crippen LogP contribution in [0.25, 0.3) is 0 Å². The second kappa shape index (κ2) is 22.7. The number of rotatable bonds is 20. The molecule has 0 aliphatic rings. The number of hydrogen-bond acceptors (Lipinski definition) is 6. The minimum Gasteiger partial charge on any atom is -0.475 e. The molecule has 0 aliphatic heterocycles. The van der Waals surface area contributed by atoms with Crippen molar-refractivity contribution < 1.29 is 37.4 Å². The van der Waals surface area contributed by atoms with Crippen molar-refractivity contribution in [2.24, 2.45) is 5.73 Å². The SMILES string of the molecule is CCCCCCCCCCCCCCCCCC(=O)Nc1sc(CN)cc1C(=O)OCC.O=C(O)C(F)(F)F. The van der Waals surface area contributed by atoms with Crippen molar-refractivity contribution in [1.82, 2.24) is 0 Å². The number of halogens is 3. The Morgan fingerprint density at radius 3 is 1.69 bits per heavy atom. The monoisotopic (exact) mass is 580 g/mol. The molecule has 4 N–H and O–H groups in total. The van der Waals surface area contributed by atoms with E-state index < -0.39 is 18.1 Å². The van der Waals surface area contributed by atoms with Crippen LogP contribution in [0.5, 0.6) is 0 Å². The number of alkyl halides is 3. The van der Waals surface area contributed by atoms with Gasteiger partial charge in [0.1, 0.15) is 5.00 Å². The summed E-state index contributed by atoms with van der Waals surface area (Å²) in [5.41, 5.74) is 6.09. The molecular weight excluding hydrogens is 533 g/mol. The van der Waals surface area contributed by atoms with Crippen LogP contribution >= 0.6 is 11.3 Å². The number of nitrogens with one attached hydrogen (secondary N) is 1. The predicted molar refractivity (Wildman–Crippen MR) is 150 cm³/mol. The van der Waals surface area contributed by atoms with Crippen LogP contribution in [0, 0.1) is 0 Å². The van der Waals surface area contributed by atoms with Crippen LogP contribution in [-0.4, -0.2) is 35.7 Å². The number of carboxylic acids is 1. The van der Waals surface area contributed by atoms with Gasteiger partial charge in [-0.15, -0.1) is 11.3 Å². The van der Waals surface area contributed by atoms with Crippen molar-refractivity contribution >= 4 is 34.2 Å². The van der Waals surface area contributed by atoms with Crippen molar-refractivity contribution in [3.05, 3.63) is 16.5 Å². The fourth-order valence-corrected chi connectivity index (χ4v) is 4.78. The first-order valence-corrected chi connectivity index (χ1v) is 15.0. The summed E-state index contributed by atoms with van der Waals surface area (Å²) in [5, 5.41) is 10.6. The summed E-state index contributed by atoms with van der Waals surface area (Å²) in [6, 6.07) is 1.71. The summed E-state index contributed by atoms with van der Waals surface area (Å²) in [7, 11) is 0. The number of amides is 1. The van der Waals surface area contributed by atoms with E-state index >= 15 is 0 Å². The van der Waals surface area contributed by atoms with Gasteiger partial charge < -0.3 is 20.9 Å². The third-order valence-electron chi connectivity index (χ3n) is 5.98. The van der Waals surface area contributed by atoms with Gasteiger partial charge in [0.25, 0.3) is 0 Å². The fraction of sp³-hybridized carbons (Fsp3) is 0.750. The van der Waals surface area contributed by atoms with Crippen LogP contribution in [-0.2, 0) is 20.9 Å². The first kappa shape index (κ1) is 36.9. The number of ether oxygens (including phenoxy) is 1. The summed E-state index contributed by atoms with van der Waals surface area (Å²) in [6.07, 6.45) is 15.0. The highest BCUT2D eigenvalue weighted by atomic mass is 32.1. The average Bonchev–Trinajstić information content (AvgIpc) is 3.29. The van der Waals surface area contributed by atoms with Gasteiger partial charge in [-0.1, -0.05) is 96.8 Å². The summed E-state index contributed by atoms with van der Waals surface area (Å²) in [4.78, 5) is 34.1. The van der Waals surface area contributed by atoms with E-state index in [1.165, 1.54) is 94.8 Å². The highest BCUT2D eigenvalue weighted by Gasteiger charge is 2.38. The third kappa shape index (κ3) is 19.5. The Morgan fingerprint density at radius 2 is 1.31 bits per heavy atom. The van der Waals surface area contributed by atoms with E-state index in [4.69, 9.17) is 20.4 Å². The Labute approximate surface area is 235 Å². The van der Waals surface area contributed by atoms with Crippen molar-refractivity contribution in [3.63, 3.8) is 0 Å². The maximum absolute atomic E-state index is 12.3. The molecule has 1 amide bonds. The first-order valence-electron chi connectivity index (χ1n) is 14.2. The molecule has 0 fully saturated rings. The number of aliphatic carboxylic acids is 1. The Bertz CT molecular complexity index is 816. The topological polar surface area (TPSA) is 119 Å². The molecule has 0 aromatic carbocycles. The van der Waals surface area contributed by atoms with Crippen LogP contribution in [0.2, 0.25) is 0 Å². The standard InChI is InChI=1S/C26H46N2O3S.C2HF3O2/c1-3-5-6-7-8-9-10-11-12-13-14-15-16-17-18-19-24(29)28-25-23(26(30)31-4-2)20-22(21-27)32-25;3-2(4,5)1(6)7/h20H,3-19,21,27H2,1-2H3,(H,28,29);(H,6,7). The zero-order valence-corrected chi connectivity index (χ0v) is 24.3. The molecule has 226 valence electrons. The molecule has 0 radical (unpaired) electrons. The first-order chi connectivity index (χ1) is 18.6. The Morgan fingerprint density at radius 1 is 0.872 bits per heavy atom. The van der Waals surface area contributed by atoms with Crippen LogP contribution < -0.4 is 11.1 Å². The van der Waals surface area contributed by atoms with Crippen LogP contribution in [0.1, 0.15) is 132 Å². The number of unbranched alkanes of at least 4 members (excludes halogenated alkanes) is 14. The molecule has 0 atom stereocenters. The highest BCUT2D eigenvalue weighted by molar-refractivity contribution is 7.16. The Kier molecular flexibility index (Phi) is 21.4. The van der Waals surface area contributed by atoms with Gasteiger partial charge in [-0.3, -0.25) is 4.79 Å². The van der Waals surface area contributed by atoms with E-state index in [0.717, 1.165) is 17.7 Å². The molecule has 0 bridgehead atoms. The average molecular weight is 581 g/mol. The molecule has 0 saturated heterocycles. The van der Waals surface area contributed by atoms with E-state index in [2.05, 4.69) is 12.2 Å². The molecule has 7 nitrogen and oxygen atoms in total. The van der Waals surface area contributed by atoms with E-state index in [1.807, 2.05) is 0 Å². The lowest BCUT2D eigenvalue weighted by Gasteiger charge is -2.06. The smallest absolute Gasteiger partial charge is 0.475 e. The quantitative estimate of drug-likeness (QED) is 0.106. The van der Waals surface area contributed by atoms with Crippen molar-refractivity contribution in [3.8, 4) is 0 Å². The summed E-state index contributed by atoms with van der Waals surface area (Å²) >= 11 is 1.35. The second-order valence-electron chi connectivity index (χ2n) is 9.43. The molecule has 1 heterocycles. The van der Waals surface area contributed by atoms with Crippen LogP contribution in [0.3, 0.4) is 0 Å². The number of carbonyl (C=O) groups is 3. The molecule has 0 unspecified atom stereocenters. The minimum absolute atomic E-state index is 0.0457. The Hall–Kier alpha value is -2.14. The molecule has 0 saturated carbocycles. The normalized spacial score (nSPS) is 11.0. The van der Waals surface area contributed by atoms with Gasteiger partial charge in [0.15, 0.2) is 0 Å². The van der Waals surface area contributed by atoms with Crippen molar-refractivity contribution in [2.45, 2.75) is 129 Å². The number of nitrogens with two attached hydrogens (primary N) is 1. The molecule has 0 aliphatic carbocycles. The van der Waals surface area contributed by atoms with Crippen molar-refractivity contribution in [2.75, 3.05) is 11.9 Å². The summed E-state index contributed by atoms with van der Waals surface area (Å²) in [6.45, 7) is 4.68. The largest absolute Gasteiger partial charge is 0.490 e. The maximum atomic E-state index is 12.3. The summed E-state index contributed by atoms with van der Waals surface area (Å²) < 4.78 is 36.8. The molecular formula is C28H47F3N2O5S. The molecule has 1 aromatic rings. The Balaban J connectivity index is 0.00000181. The van der Waals surface area contributed by atoms with Crippen molar-refractivity contribution in [1.29, 1.82) is 0 Å². The number of carbonyl (C=O) groups excluding carboxylic acids is 2. The lowest BCUT2D eigenvalue weighted by atomic mass is 10.0. The minimum atomic E-state index is -5.08. The summed E-state index contributed by atoms with van der Waals surface area (Å²) in [5.74, 6) is -3.21. The molecule has 11 heteroatoms. The zero-order valence-electron chi connectivity index (χ0n) is 23.5. The number of carboxylic acid groups (broad SMARTS) is 1. The second-order valence-corrected chi connectivity index (χ2v) is 10.6.